The maximum Gasteiger partial charge on any atom is 0.394 e. The predicted molar refractivity (Wildman–Crippen MR) is 74.6 cm³/mol. The van der Waals surface area contributed by atoms with Gasteiger partial charge in [0.1, 0.15) is 0 Å². The van der Waals surface area contributed by atoms with Gasteiger partial charge in [0.15, 0.2) is 0 Å². The fourth-order valence-corrected chi connectivity index (χ4v) is 2.94. The van der Waals surface area contributed by atoms with Crippen LogP contribution in [0.4, 0.5) is 18.9 Å². The first kappa shape index (κ1) is 14.6. The van der Waals surface area contributed by atoms with E-state index < -0.39 is 24.0 Å². The lowest BCUT2D eigenvalue weighted by molar-refractivity contribution is -0.187. The van der Waals surface area contributed by atoms with Crippen LogP contribution in [-0.2, 0) is 4.79 Å². The monoisotopic (exact) mass is 310 g/mol. The van der Waals surface area contributed by atoms with Gasteiger partial charge in [-0.2, -0.15) is 13.2 Å². The molecule has 2 atom stereocenters. The third kappa shape index (κ3) is 2.47. The first-order valence-corrected chi connectivity index (χ1v) is 6.76. The van der Waals surface area contributed by atoms with Crippen molar-refractivity contribution in [3.8, 4) is 0 Å². The van der Waals surface area contributed by atoms with Gasteiger partial charge in [-0.25, -0.2) is 0 Å². The van der Waals surface area contributed by atoms with Crippen LogP contribution in [0.25, 0.3) is 10.9 Å². The Hall–Kier alpha value is -2.31. The number of benzene rings is 1. The van der Waals surface area contributed by atoms with E-state index in [1.54, 1.807) is 30.3 Å². The summed E-state index contributed by atoms with van der Waals surface area (Å²) in [5.74, 6) is -4.73. The second-order valence-corrected chi connectivity index (χ2v) is 5.35. The number of carboxylic acids is 1. The van der Waals surface area contributed by atoms with Crippen LogP contribution >= 0.6 is 0 Å². The first-order valence-electron chi connectivity index (χ1n) is 6.76. The number of pyridine rings is 1. The number of aliphatic carboxylic acids is 1. The largest absolute Gasteiger partial charge is 0.481 e. The fraction of sp³-hybridized carbons (Fsp3) is 0.333. The highest BCUT2D eigenvalue weighted by Crippen LogP contribution is 2.40. The number of hydrogen-bond acceptors (Lipinski definition) is 3. The van der Waals surface area contributed by atoms with E-state index >= 15 is 0 Å². The molecule has 1 aliphatic rings. The van der Waals surface area contributed by atoms with Crippen LogP contribution < -0.4 is 4.90 Å². The van der Waals surface area contributed by atoms with Crippen LogP contribution in [0, 0.1) is 11.8 Å². The second kappa shape index (κ2) is 5.15. The fourth-order valence-electron chi connectivity index (χ4n) is 2.94. The lowest BCUT2D eigenvalue weighted by Crippen LogP contribution is -2.33. The van der Waals surface area contributed by atoms with Crippen molar-refractivity contribution in [2.45, 2.75) is 6.18 Å². The maximum absolute atomic E-state index is 13.1. The minimum absolute atomic E-state index is 0.159. The normalized spacial score (nSPS) is 22.2. The standard InChI is InChI=1S/C15H13F3N2O2/c16-15(17,18)11-8-20(7-10(11)14(21)22)13-5-6-19-12-4-2-1-3-9(12)13/h1-6,10-11H,7-8H2,(H,21,22)/t10-,11-/m1/s1. The van der Waals surface area contributed by atoms with Gasteiger partial charge in [-0.3, -0.25) is 9.78 Å². The second-order valence-electron chi connectivity index (χ2n) is 5.35. The first-order chi connectivity index (χ1) is 10.4. The molecule has 1 aromatic heterocycles. The van der Waals surface area contributed by atoms with Crippen LogP contribution in [-0.4, -0.2) is 35.3 Å². The van der Waals surface area contributed by atoms with Gasteiger partial charge < -0.3 is 10.0 Å². The summed E-state index contributed by atoms with van der Waals surface area (Å²) in [6, 6.07) is 8.74. The van der Waals surface area contributed by atoms with Gasteiger partial charge in [-0.1, -0.05) is 18.2 Å². The van der Waals surface area contributed by atoms with E-state index in [0.29, 0.717) is 11.2 Å². The molecule has 1 fully saturated rings. The zero-order valence-electron chi connectivity index (χ0n) is 11.4. The Kier molecular flexibility index (Phi) is 3.42. The van der Waals surface area contributed by atoms with Crippen molar-refractivity contribution in [3.63, 3.8) is 0 Å². The van der Waals surface area contributed by atoms with E-state index in [0.717, 1.165) is 5.39 Å². The summed E-state index contributed by atoms with van der Waals surface area (Å²) < 4.78 is 39.2. The Balaban J connectivity index is 2.00. The molecule has 0 bridgehead atoms. The van der Waals surface area contributed by atoms with Crippen molar-refractivity contribution in [1.29, 1.82) is 0 Å². The lowest BCUT2D eigenvalue weighted by atomic mass is 9.96. The number of hydrogen-bond donors (Lipinski definition) is 1. The molecule has 2 aromatic rings. The molecule has 22 heavy (non-hydrogen) atoms. The number of aromatic nitrogens is 1. The molecule has 0 amide bonds. The molecule has 1 saturated heterocycles. The van der Waals surface area contributed by atoms with E-state index in [9.17, 15) is 18.0 Å². The Morgan fingerprint density at radius 3 is 2.59 bits per heavy atom. The van der Waals surface area contributed by atoms with Crippen molar-refractivity contribution < 1.29 is 23.1 Å². The number of rotatable bonds is 2. The number of carboxylic acid groups (broad SMARTS) is 1. The summed E-state index contributed by atoms with van der Waals surface area (Å²) in [6.07, 6.45) is -3.00. The molecular weight excluding hydrogens is 297 g/mol. The highest BCUT2D eigenvalue weighted by molar-refractivity contribution is 5.92. The number of anilines is 1. The zero-order valence-corrected chi connectivity index (χ0v) is 11.4. The summed E-state index contributed by atoms with van der Waals surface area (Å²) in [4.78, 5) is 16.8. The minimum Gasteiger partial charge on any atom is -0.481 e. The van der Waals surface area contributed by atoms with Gasteiger partial charge in [0.05, 0.1) is 17.4 Å². The van der Waals surface area contributed by atoms with Crippen LogP contribution in [0.1, 0.15) is 0 Å². The van der Waals surface area contributed by atoms with Gasteiger partial charge in [0.25, 0.3) is 0 Å². The summed E-state index contributed by atoms with van der Waals surface area (Å²) in [5.41, 5.74) is 1.26. The quantitative estimate of drug-likeness (QED) is 0.926. The SMILES string of the molecule is O=C(O)[C@@H]1CN(c2ccnc3ccccc23)C[C@H]1C(F)(F)F. The molecule has 0 radical (unpaired) electrons. The summed E-state index contributed by atoms with van der Waals surface area (Å²) in [6.45, 7) is -0.512. The Bertz CT molecular complexity index is 712. The van der Waals surface area contributed by atoms with Crippen molar-refractivity contribution in [2.24, 2.45) is 11.8 Å². The molecule has 3 rings (SSSR count). The molecule has 116 valence electrons. The van der Waals surface area contributed by atoms with Gasteiger partial charge in [-0.15, -0.1) is 0 Å². The number of halogens is 3. The van der Waals surface area contributed by atoms with E-state index in [4.69, 9.17) is 5.11 Å². The number of para-hydroxylation sites is 1. The molecular formula is C15H13F3N2O2. The average molecular weight is 310 g/mol. The lowest BCUT2D eigenvalue weighted by Gasteiger charge is -2.21. The third-order valence-corrected chi connectivity index (χ3v) is 4.02. The van der Waals surface area contributed by atoms with Crippen molar-refractivity contribution in [2.75, 3.05) is 18.0 Å². The van der Waals surface area contributed by atoms with Gasteiger partial charge in [0.2, 0.25) is 0 Å². The smallest absolute Gasteiger partial charge is 0.394 e. The van der Waals surface area contributed by atoms with Crippen LogP contribution in [0.5, 0.6) is 0 Å². The van der Waals surface area contributed by atoms with Crippen molar-refractivity contribution in [3.05, 3.63) is 36.5 Å². The maximum atomic E-state index is 13.1. The molecule has 0 unspecified atom stereocenters. The molecule has 4 nitrogen and oxygen atoms in total. The number of fused-ring (bicyclic) bond motifs is 1. The molecule has 0 aliphatic carbocycles. The molecule has 1 aliphatic heterocycles. The van der Waals surface area contributed by atoms with E-state index in [-0.39, 0.29) is 13.1 Å². The Morgan fingerprint density at radius 2 is 1.95 bits per heavy atom. The molecule has 1 N–H and O–H groups in total. The van der Waals surface area contributed by atoms with Crippen molar-refractivity contribution in [1.82, 2.24) is 4.98 Å². The molecule has 0 saturated carbocycles. The molecule has 0 spiro atoms. The predicted octanol–water partition coefficient (Wildman–Crippen LogP) is 2.93. The van der Waals surface area contributed by atoms with Crippen LogP contribution in [0.3, 0.4) is 0 Å². The highest BCUT2D eigenvalue weighted by Gasteiger charge is 2.52. The number of nitrogens with zero attached hydrogens (tertiary/aromatic N) is 2. The number of carbonyl (C=O) groups is 1. The van der Waals surface area contributed by atoms with Gasteiger partial charge >= 0.3 is 12.1 Å². The summed E-state index contributed by atoms with van der Waals surface area (Å²) in [5, 5.41) is 9.81. The van der Waals surface area contributed by atoms with Crippen LogP contribution in [0.2, 0.25) is 0 Å². The average Bonchev–Trinajstić information content (AvgIpc) is 2.92. The summed E-state index contributed by atoms with van der Waals surface area (Å²) in [7, 11) is 0. The van der Waals surface area contributed by atoms with Gasteiger partial charge in [0, 0.05) is 30.4 Å². The molecule has 1 aromatic carbocycles. The highest BCUT2D eigenvalue weighted by atomic mass is 19.4. The van der Waals surface area contributed by atoms with Gasteiger partial charge in [-0.05, 0) is 12.1 Å². The topological polar surface area (TPSA) is 53.4 Å². The van der Waals surface area contributed by atoms with E-state index in [1.807, 2.05) is 0 Å². The van der Waals surface area contributed by atoms with Crippen LogP contribution in [0.15, 0.2) is 36.5 Å². The Morgan fingerprint density at radius 1 is 1.23 bits per heavy atom. The minimum atomic E-state index is -4.53. The zero-order chi connectivity index (χ0) is 15.9. The Labute approximate surface area is 124 Å². The van der Waals surface area contributed by atoms with Crippen molar-refractivity contribution >= 4 is 22.6 Å². The van der Waals surface area contributed by atoms with E-state index in [2.05, 4.69) is 4.98 Å². The van der Waals surface area contributed by atoms with E-state index in [1.165, 1.54) is 11.1 Å². The summed E-state index contributed by atoms with van der Waals surface area (Å²) >= 11 is 0. The number of alkyl halides is 3. The molecule has 7 heteroatoms. The third-order valence-electron chi connectivity index (χ3n) is 4.02. The molecule has 2 heterocycles.